The van der Waals surface area contributed by atoms with Gasteiger partial charge in [0.2, 0.25) is 0 Å². The fourth-order valence-electron chi connectivity index (χ4n) is 3.71. The Labute approximate surface area is 196 Å². The van der Waals surface area contributed by atoms with E-state index in [1.807, 2.05) is 49.6 Å². The van der Waals surface area contributed by atoms with Gasteiger partial charge in [-0.15, -0.1) is 0 Å². The van der Waals surface area contributed by atoms with Crippen molar-refractivity contribution in [2.75, 3.05) is 11.6 Å². The minimum atomic E-state index is -0.631. The zero-order chi connectivity index (χ0) is 23.8. The lowest BCUT2D eigenvalue weighted by atomic mass is 10.0. The molecule has 0 aliphatic heterocycles. The van der Waals surface area contributed by atoms with Gasteiger partial charge >= 0.3 is 5.97 Å². The maximum atomic E-state index is 13.2. The molecule has 0 spiro atoms. The van der Waals surface area contributed by atoms with E-state index in [4.69, 9.17) is 9.15 Å². The number of esters is 1. The van der Waals surface area contributed by atoms with Gasteiger partial charge in [0, 0.05) is 16.8 Å². The van der Waals surface area contributed by atoms with Crippen molar-refractivity contribution >= 4 is 45.4 Å². The number of carbonyl (C=O) groups excluding carboxylic acids is 1. The second-order valence-corrected chi connectivity index (χ2v) is 9.63. The molecule has 0 fully saturated rings. The van der Waals surface area contributed by atoms with Gasteiger partial charge in [-0.2, -0.15) is 0 Å². The number of hydrogen-bond acceptors (Lipinski definition) is 7. The molecule has 0 bridgehead atoms. The second kappa shape index (κ2) is 8.94. The number of anilines is 1. The maximum absolute atomic E-state index is 13.2. The number of thioether (sulfide) groups is 1. The summed E-state index contributed by atoms with van der Waals surface area (Å²) in [6, 6.07) is 13.7. The summed E-state index contributed by atoms with van der Waals surface area (Å²) < 4.78 is 12.6. The van der Waals surface area contributed by atoms with Crippen molar-refractivity contribution in [3.8, 4) is 0 Å². The number of furan rings is 1. The van der Waals surface area contributed by atoms with Crippen molar-refractivity contribution in [2.45, 2.75) is 51.0 Å². The van der Waals surface area contributed by atoms with Crippen molar-refractivity contribution in [1.82, 2.24) is 9.55 Å². The third-order valence-corrected chi connectivity index (χ3v) is 5.86. The van der Waals surface area contributed by atoms with Crippen LogP contribution in [0.15, 0.2) is 63.0 Å². The van der Waals surface area contributed by atoms with Crippen LogP contribution in [0.4, 0.5) is 5.69 Å². The van der Waals surface area contributed by atoms with Crippen LogP contribution < -0.4 is 10.9 Å². The van der Waals surface area contributed by atoms with Crippen LogP contribution in [0, 0.1) is 0 Å². The highest BCUT2D eigenvalue weighted by Crippen LogP contribution is 2.31. The Bertz CT molecular complexity index is 1380. The van der Waals surface area contributed by atoms with E-state index in [1.165, 1.54) is 22.5 Å². The van der Waals surface area contributed by atoms with Crippen molar-refractivity contribution in [3.63, 3.8) is 0 Å². The van der Waals surface area contributed by atoms with Gasteiger partial charge in [-0.3, -0.25) is 14.2 Å². The molecule has 0 unspecified atom stereocenters. The number of carbonyl (C=O) groups is 1. The van der Waals surface area contributed by atoms with E-state index in [1.54, 1.807) is 20.8 Å². The molecule has 4 rings (SSSR count). The second-order valence-electron chi connectivity index (χ2n) is 8.86. The number of aromatic nitrogens is 2. The van der Waals surface area contributed by atoms with Gasteiger partial charge in [0.05, 0.1) is 6.20 Å². The molecule has 2 aromatic carbocycles. The molecule has 0 radical (unpaired) electrons. The minimum absolute atomic E-state index is 0.173. The first-order valence-electron chi connectivity index (χ1n) is 10.7. The van der Waals surface area contributed by atoms with Gasteiger partial charge in [-0.1, -0.05) is 36.0 Å². The van der Waals surface area contributed by atoms with E-state index in [0.717, 1.165) is 27.5 Å². The van der Waals surface area contributed by atoms with Gasteiger partial charge in [-0.25, -0.2) is 4.98 Å². The fraction of sp³-hybridized carbons (Fsp3) is 0.320. The first-order chi connectivity index (χ1) is 15.7. The molecule has 172 valence electrons. The standard InChI is InChI=1S/C25H27N3O4S/c1-15(16-10-11-21-18(12-16)17-8-6-7-9-20(17)31-21)27-19-13-26-24(33-5)28(23(19)30)14-22(29)32-25(2,3)4/h6-13,15,27H,14H2,1-5H3/t15-/m0/s1. The monoisotopic (exact) mass is 465 g/mol. The Morgan fingerprint density at radius 1 is 1.18 bits per heavy atom. The molecule has 0 saturated carbocycles. The summed E-state index contributed by atoms with van der Waals surface area (Å²) in [5.74, 6) is -0.482. The molecule has 0 saturated heterocycles. The lowest BCUT2D eigenvalue weighted by Crippen LogP contribution is -2.33. The van der Waals surface area contributed by atoms with Crippen LogP contribution in [0.3, 0.4) is 0 Å². The Balaban J connectivity index is 1.62. The van der Waals surface area contributed by atoms with Crippen LogP contribution in [-0.4, -0.2) is 27.4 Å². The molecule has 0 amide bonds. The lowest BCUT2D eigenvalue weighted by Gasteiger charge is -2.21. The number of hydrogen-bond donors (Lipinski definition) is 1. The minimum Gasteiger partial charge on any atom is -0.459 e. The quantitative estimate of drug-likeness (QED) is 0.232. The topological polar surface area (TPSA) is 86.4 Å². The normalized spacial score (nSPS) is 12.8. The van der Waals surface area contributed by atoms with Gasteiger partial charge in [-0.05, 0) is 57.7 Å². The van der Waals surface area contributed by atoms with Crippen molar-refractivity contribution in [3.05, 3.63) is 64.6 Å². The largest absolute Gasteiger partial charge is 0.459 e. The van der Waals surface area contributed by atoms with Crippen molar-refractivity contribution in [2.24, 2.45) is 0 Å². The first-order valence-corrected chi connectivity index (χ1v) is 11.9. The Hall–Kier alpha value is -3.26. The van der Waals surface area contributed by atoms with E-state index in [0.29, 0.717) is 10.8 Å². The summed E-state index contributed by atoms with van der Waals surface area (Å²) in [4.78, 5) is 29.9. The number of benzene rings is 2. The highest BCUT2D eigenvalue weighted by atomic mass is 32.2. The Kier molecular flexibility index (Phi) is 6.21. The Morgan fingerprint density at radius 2 is 1.91 bits per heavy atom. The average molecular weight is 466 g/mol. The van der Waals surface area contributed by atoms with Crippen LogP contribution >= 0.6 is 11.8 Å². The molecular formula is C25H27N3O4S. The van der Waals surface area contributed by atoms with E-state index >= 15 is 0 Å². The highest BCUT2D eigenvalue weighted by molar-refractivity contribution is 7.98. The molecule has 1 atom stereocenters. The van der Waals surface area contributed by atoms with E-state index in [2.05, 4.69) is 16.4 Å². The summed E-state index contributed by atoms with van der Waals surface area (Å²) in [5.41, 5.74) is 2.03. The van der Waals surface area contributed by atoms with Crippen LogP contribution in [0.2, 0.25) is 0 Å². The molecule has 33 heavy (non-hydrogen) atoms. The van der Waals surface area contributed by atoms with E-state index in [9.17, 15) is 9.59 Å². The molecule has 8 heteroatoms. The smallest absolute Gasteiger partial charge is 0.326 e. The first kappa shape index (κ1) is 22.9. The molecular weight excluding hydrogens is 438 g/mol. The summed E-state index contributed by atoms with van der Waals surface area (Å²) in [6.07, 6.45) is 3.33. The summed E-state index contributed by atoms with van der Waals surface area (Å²) in [5, 5.41) is 5.78. The van der Waals surface area contributed by atoms with Crippen molar-refractivity contribution < 1.29 is 13.9 Å². The predicted molar refractivity (Wildman–Crippen MR) is 132 cm³/mol. The van der Waals surface area contributed by atoms with Crippen molar-refractivity contribution in [1.29, 1.82) is 0 Å². The van der Waals surface area contributed by atoms with Crippen LogP contribution in [0.1, 0.15) is 39.3 Å². The number of fused-ring (bicyclic) bond motifs is 3. The van der Waals surface area contributed by atoms with Gasteiger partial charge < -0.3 is 14.5 Å². The number of para-hydroxylation sites is 1. The highest BCUT2D eigenvalue weighted by Gasteiger charge is 2.20. The van der Waals surface area contributed by atoms with Crippen LogP contribution in [0.25, 0.3) is 21.9 Å². The fourth-order valence-corrected chi connectivity index (χ4v) is 4.24. The van der Waals surface area contributed by atoms with Gasteiger partial charge in [0.1, 0.15) is 29.0 Å². The number of nitrogens with one attached hydrogen (secondary N) is 1. The average Bonchev–Trinajstić information content (AvgIpc) is 3.13. The van der Waals surface area contributed by atoms with Gasteiger partial charge in [0.25, 0.3) is 5.56 Å². The molecule has 0 aliphatic carbocycles. The molecule has 2 aromatic heterocycles. The number of rotatable bonds is 6. The summed E-state index contributed by atoms with van der Waals surface area (Å²) >= 11 is 1.30. The third kappa shape index (κ3) is 4.90. The number of ether oxygens (including phenoxy) is 1. The lowest BCUT2D eigenvalue weighted by molar-refractivity contribution is -0.155. The Morgan fingerprint density at radius 3 is 2.64 bits per heavy atom. The maximum Gasteiger partial charge on any atom is 0.326 e. The zero-order valence-corrected chi connectivity index (χ0v) is 20.2. The summed E-state index contributed by atoms with van der Waals surface area (Å²) in [6.45, 7) is 7.16. The molecule has 4 aromatic rings. The summed E-state index contributed by atoms with van der Waals surface area (Å²) in [7, 11) is 0. The zero-order valence-electron chi connectivity index (χ0n) is 19.3. The SMILES string of the molecule is CSc1ncc(N[C@@H](C)c2ccc3oc4ccccc4c3c2)c(=O)n1CC(=O)OC(C)(C)C. The molecule has 2 heterocycles. The van der Waals surface area contributed by atoms with Crippen LogP contribution in [0.5, 0.6) is 0 Å². The van der Waals surface area contributed by atoms with E-state index < -0.39 is 11.6 Å². The van der Waals surface area contributed by atoms with E-state index in [-0.39, 0.29) is 18.1 Å². The molecule has 1 N–H and O–H groups in total. The van der Waals surface area contributed by atoms with Crippen LogP contribution in [-0.2, 0) is 16.1 Å². The molecule has 7 nitrogen and oxygen atoms in total. The number of nitrogens with zero attached hydrogens (tertiary/aromatic N) is 2. The third-order valence-electron chi connectivity index (χ3n) is 5.17. The van der Waals surface area contributed by atoms with Gasteiger partial charge in [0.15, 0.2) is 5.16 Å². The molecule has 0 aliphatic rings. The predicted octanol–water partition coefficient (Wildman–Crippen LogP) is 5.38.